The summed E-state index contributed by atoms with van der Waals surface area (Å²) in [6.45, 7) is 0. The van der Waals surface area contributed by atoms with Gasteiger partial charge in [-0.1, -0.05) is 36.4 Å². The SMILES string of the molecule is C1=C2CC3=CC=c4ccc(c2c43)=C1. The molecule has 0 fully saturated rings. The molecule has 0 aliphatic heterocycles. The molecule has 0 heterocycles. The van der Waals surface area contributed by atoms with Gasteiger partial charge in [0.15, 0.2) is 0 Å². The Bertz CT molecular complexity index is 555. The minimum atomic E-state index is 1.15. The molecule has 0 radical (unpaired) electrons. The Morgan fingerprint density at radius 3 is 1.77 bits per heavy atom. The van der Waals surface area contributed by atoms with E-state index < -0.39 is 0 Å². The predicted molar refractivity (Wildman–Crippen MR) is 55.2 cm³/mol. The zero-order valence-corrected chi connectivity index (χ0v) is 7.17. The van der Waals surface area contributed by atoms with Crippen LogP contribution in [0.1, 0.15) is 17.5 Å². The molecule has 0 saturated heterocycles. The van der Waals surface area contributed by atoms with Crippen molar-refractivity contribution in [2.45, 2.75) is 6.42 Å². The van der Waals surface area contributed by atoms with Gasteiger partial charge in [0.2, 0.25) is 0 Å². The molecule has 0 atom stereocenters. The van der Waals surface area contributed by atoms with Crippen LogP contribution in [0.3, 0.4) is 0 Å². The molecule has 3 aliphatic carbocycles. The van der Waals surface area contributed by atoms with E-state index in [1.165, 1.54) is 32.7 Å². The van der Waals surface area contributed by atoms with E-state index in [4.69, 9.17) is 0 Å². The monoisotopic (exact) mass is 164 g/mol. The Morgan fingerprint density at radius 2 is 1.23 bits per heavy atom. The molecule has 0 bridgehead atoms. The first-order valence-electron chi connectivity index (χ1n) is 4.69. The van der Waals surface area contributed by atoms with Crippen LogP contribution in [0.2, 0.25) is 0 Å². The molecule has 60 valence electrons. The van der Waals surface area contributed by atoms with Gasteiger partial charge in [-0.3, -0.25) is 0 Å². The van der Waals surface area contributed by atoms with Gasteiger partial charge in [0.05, 0.1) is 0 Å². The van der Waals surface area contributed by atoms with E-state index in [-0.39, 0.29) is 0 Å². The number of hydrogen-bond donors (Lipinski definition) is 0. The lowest BCUT2D eigenvalue weighted by molar-refractivity contribution is 1.51. The zero-order valence-electron chi connectivity index (χ0n) is 7.17. The summed E-state index contributed by atoms with van der Waals surface area (Å²) in [6.07, 6.45) is 10.2. The van der Waals surface area contributed by atoms with Gasteiger partial charge in [-0.25, -0.2) is 0 Å². The zero-order chi connectivity index (χ0) is 8.41. The van der Waals surface area contributed by atoms with E-state index in [9.17, 15) is 0 Å². The third-order valence-electron chi connectivity index (χ3n) is 3.22. The van der Waals surface area contributed by atoms with E-state index in [1.807, 2.05) is 0 Å². The van der Waals surface area contributed by atoms with Crippen molar-refractivity contribution < 1.29 is 0 Å². The second-order valence-corrected chi connectivity index (χ2v) is 3.89. The fourth-order valence-corrected chi connectivity index (χ4v) is 2.65. The number of benzene rings is 1. The fourth-order valence-electron chi connectivity index (χ4n) is 2.65. The van der Waals surface area contributed by atoms with Crippen molar-refractivity contribution in [3.05, 3.63) is 45.8 Å². The topological polar surface area (TPSA) is 0 Å². The summed E-state index contributed by atoms with van der Waals surface area (Å²) < 4.78 is 0. The molecule has 0 nitrogen and oxygen atoms in total. The molecular weight excluding hydrogens is 156 g/mol. The average Bonchev–Trinajstić information content (AvgIpc) is 2.76. The van der Waals surface area contributed by atoms with E-state index in [0.29, 0.717) is 0 Å². The van der Waals surface area contributed by atoms with Crippen molar-refractivity contribution in [2.75, 3.05) is 0 Å². The maximum Gasteiger partial charge on any atom is -0.00130 e. The van der Waals surface area contributed by atoms with Crippen molar-refractivity contribution in [1.29, 1.82) is 0 Å². The smallest absolute Gasteiger partial charge is 0.00130 e. The lowest BCUT2D eigenvalue weighted by Crippen LogP contribution is -2.13. The normalized spacial score (nSPS) is 19.1. The van der Waals surface area contributed by atoms with Crippen molar-refractivity contribution in [2.24, 2.45) is 0 Å². The maximum absolute atomic E-state index is 2.27. The molecule has 0 N–H and O–H groups in total. The third kappa shape index (κ3) is 0.531. The summed E-state index contributed by atoms with van der Waals surface area (Å²) in [6, 6.07) is 4.46. The van der Waals surface area contributed by atoms with Crippen LogP contribution in [0, 0.1) is 0 Å². The quantitative estimate of drug-likeness (QED) is 0.544. The Kier molecular flexibility index (Phi) is 0.779. The minimum Gasteiger partial charge on any atom is -0.0574 e. The summed E-state index contributed by atoms with van der Waals surface area (Å²) in [5, 5.41) is 2.82. The van der Waals surface area contributed by atoms with Gasteiger partial charge in [0, 0.05) is 0 Å². The first-order valence-corrected chi connectivity index (χ1v) is 4.69. The Hall–Kier alpha value is -1.56. The van der Waals surface area contributed by atoms with Gasteiger partial charge in [0.25, 0.3) is 0 Å². The standard InChI is InChI=1S/C13H8/c1-2-9-4-6-11-7-10-5-3-8(1)12(10)13(9)11/h1-6H,7H2. The second kappa shape index (κ2) is 1.69. The molecule has 1 aromatic rings. The number of hydrogen-bond acceptors (Lipinski definition) is 0. The molecule has 0 heteroatoms. The van der Waals surface area contributed by atoms with E-state index >= 15 is 0 Å². The van der Waals surface area contributed by atoms with E-state index in [0.717, 1.165) is 6.42 Å². The average molecular weight is 164 g/mol. The van der Waals surface area contributed by atoms with Crippen molar-refractivity contribution in [3.63, 3.8) is 0 Å². The molecule has 0 unspecified atom stereocenters. The highest BCUT2D eigenvalue weighted by atomic mass is 14.3. The van der Waals surface area contributed by atoms with E-state index in [2.05, 4.69) is 36.4 Å². The van der Waals surface area contributed by atoms with Crippen LogP contribution < -0.4 is 10.4 Å². The molecule has 1 aromatic carbocycles. The van der Waals surface area contributed by atoms with Crippen LogP contribution in [0.15, 0.2) is 24.3 Å². The first kappa shape index (κ1) is 5.98. The minimum absolute atomic E-state index is 1.15. The summed E-state index contributed by atoms with van der Waals surface area (Å²) in [5.74, 6) is 0. The van der Waals surface area contributed by atoms with Gasteiger partial charge in [0.1, 0.15) is 0 Å². The molecule has 0 spiro atoms. The van der Waals surface area contributed by atoms with E-state index in [1.54, 1.807) is 0 Å². The largest absolute Gasteiger partial charge is 0.0574 e. The number of allylic oxidation sites excluding steroid dienone is 4. The molecule has 0 amide bonds. The molecule has 13 heavy (non-hydrogen) atoms. The summed E-state index contributed by atoms with van der Waals surface area (Å²) in [5.41, 5.74) is 6.06. The summed E-state index contributed by atoms with van der Waals surface area (Å²) in [7, 11) is 0. The van der Waals surface area contributed by atoms with Crippen molar-refractivity contribution in [1.82, 2.24) is 0 Å². The van der Waals surface area contributed by atoms with Crippen LogP contribution >= 0.6 is 0 Å². The molecular formula is C13H8. The second-order valence-electron chi connectivity index (χ2n) is 3.89. The molecule has 3 aliphatic rings. The highest BCUT2D eigenvalue weighted by Crippen LogP contribution is 2.39. The summed E-state index contributed by atoms with van der Waals surface area (Å²) >= 11 is 0. The maximum atomic E-state index is 2.27. The van der Waals surface area contributed by atoms with Gasteiger partial charge in [-0.2, -0.15) is 0 Å². The third-order valence-corrected chi connectivity index (χ3v) is 3.22. The highest BCUT2D eigenvalue weighted by molar-refractivity contribution is 6.00. The Labute approximate surface area is 76.2 Å². The van der Waals surface area contributed by atoms with Gasteiger partial charge < -0.3 is 0 Å². The van der Waals surface area contributed by atoms with Crippen LogP contribution in [0.4, 0.5) is 0 Å². The van der Waals surface area contributed by atoms with Crippen LogP contribution in [-0.2, 0) is 0 Å². The van der Waals surface area contributed by atoms with Crippen molar-refractivity contribution in [3.8, 4) is 0 Å². The highest BCUT2D eigenvalue weighted by Gasteiger charge is 2.26. The first-order chi connectivity index (χ1) is 6.43. The molecule has 0 aromatic heterocycles. The lowest BCUT2D eigenvalue weighted by Gasteiger charge is -1.96. The van der Waals surface area contributed by atoms with Gasteiger partial charge >= 0.3 is 0 Å². The van der Waals surface area contributed by atoms with Crippen molar-refractivity contribution >= 4 is 23.3 Å². The molecule has 0 saturated carbocycles. The van der Waals surface area contributed by atoms with Gasteiger partial charge in [-0.15, -0.1) is 0 Å². The van der Waals surface area contributed by atoms with Crippen LogP contribution in [-0.4, -0.2) is 0 Å². The van der Waals surface area contributed by atoms with Gasteiger partial charge in [-0.05, 0) is 39.1 Å². The lowest BCUT2D eigenvalue weighted by atomic mass is 10.1. The predicted octanol–water partition coefficient (Wildman–Crippen LogP) is 1.45. The summed E-state index contributed by atoms with van der Waals surface area (Å²) in [4.78, 5) is 0. The number of rotatable bonds is 0. The fraction of sp³-hybridized carbons (Fsp3) is 0.0769. The molecule has 4 rings (SSSR count). The van der Waals surface area contributed by atoms with Crippen LogP contribution in [0.25, 0.3) is 23.3 Å². The Balaban J connectivity index is 2.40. The van der Waals surface area contributed by atoms with Crippen LogP contribution in [0.5, 0.6) is 0 Å². The Morgan fingerprint density at radius 1 is 0.692 bits per heavy atom.